The lowest BCUT2D eigenvalue weighted by molar-refractivity contribution is 0.0524. The Labute approximate surface area is 101 Å². The summed E-state index contributed by atoms with van der Waals surface area (Å²) < 4.78 is 0. The third-order valence-electron chi connectivity index (χ3n) is 4.46. The average Bonchev–Trinajstić information content (AvgIpc) is 2.29. The zero-order valence-electron chi connectivity index (χ0n) is 11.3. The first kappa shape index (κ1) is 12.4. The summed E-state index contributed by atoms with van der Waals surface area (Å²) in [5, 5.41) is 3.73. The van der Waals surface area contributed by atoms with Crippen LogP contribution in [0.15, 0.2) is 0 Å². The molecule has 2 fully saturated rings. The van der Waals surface area contributed by atoms with Crippen LogP contribution in [0.25, 0.3) is 0 Å². The summed E-state index contributed by atoms with van der Waals surface area (Å²) in [6, 6.07) is 0.804. The van der Waals surface area contributed by atoms with Crippen molar-refractivity contribution in [3.63, 3.8) is 0 Å². The van der Waals surface area contributed by atoms with Gasteiger partial charge in [-0.2, -0.15) is 0 Å². The van der Waals surface area contributed by atoms with Gasteiger partial charge in [-0.25, -0.2) is 0 Å². The lowest BCUT2D eigenvalue weighted by atomic mass is 9.81. The SMILES string of the molecule is CCN1CC(C)(C)NCC1C1CCCCC1. The van der Waals surface area contributed by atoms with Crippen LogP contribution in [-0.4, -0.2) is 36.1 Å². The standard InChI is InChI=1S/C14H28N2/c1-4-16-11-14(2,3)15-10-13(16)12-8-6-5-7-9-12/h12-13,15H,4-11H2,1-3H3. The van der Waals surface area contributed by atoms with Crippen molar-refractivity contribution in [2.24, 2.45) is 5.92 Å². The summed E-state index contributed by atoms with van der Waals surface area (Å²) in [5.41, 5.74) is 0.307. The van der Waals surface area contributed by atoms with E-state index in [0.29, 0.717) is 5.54 Å². The Kier molecular flexibility index (Phi) is 3.91. The van der Waals surface area contributed by atoms with Crippen molar-refractivity contribution >= 4 is 0 Å². The van der Waals surface area contributed by atoms with Crippen molar-refractivity contribution in [3.8, 4) is 0 Å². The lowest BCUT2D eigenvalue weighted by Crippen LogP contribution is -2.63. The molecule has 1 heterocycles. The maximum atomic E-state index is 3.73. The first-order valence-electron chi connectivity index (χ1n) is 7.11. The summed E-state index contributed by atoms with van der Waals surface area (Å²) in [4.78, 5) is 2.71. The van der Waals surface area contributed by atoms with Crippen LogP contribution in [0.4, 0.5) is 0 Å². The van der Waals surface area contributed by atoms with Gasteiger partial charge < -0.3 is 5.32 Å². The average molecular weight is 224 g/mol. The molecule has 0 bridgehead atoms. The van der Waals surface area contributed by atoms with Gasteiger partial charge >= 0.3 is 0 Å². The Morgan fingerprint density at radius 3 is 2.50 bits per heavy atom. The molecular formula is C14H28N2. The van der Waals surface area contributed by atoms with Crippen molar-refractivity contribution < 1.29 is 0 Å². The number of likely N-dealkylation sites (N-methyl/N-ethyl adjacent to an activating group) is 1. The van der Waals surface area contributed by atoms with E-state index in [1.165, 1.54) is 51.7 Å². The lowest BCUT2D eigenvalue weighted by Gasteiger charge is -2.48. The summed E-state index contributed by atoms with van der Waals surface area (Å²) in [6.07, 6.45) is 7.31. The smallest absolute Gasteiger partial charge is 0.0252 e. The van der Waals surface area contributed by atoms with E-state index in [0.717, 1.165) is 12.0 Å². The molecular weight excluding hydrogens is 196 g/mol. The predicted octanol–water partition coefficient (Wildman–Crippen LogP) is 2.64. The maximum absolute atomic E-state index is 3.73. The minimum absolute atomic E-state index is 0.307. The van der Waals surface area contributed by atoms with E-state index in [2.05, 4.69) is 31.0 Å². The molecule has 0 amide bonds. The van der Waals surface area contributed by atoms with Crippen molar-refractivity contribution in [2.75, 3.05) is 19.6 Å². The van der Waals surface area contributed by atoms with Gasteiger partial charge in [-0.15, -0.1) is 0 Å². The van der Waals surface area contributed by atoms with Crippen LogP contribution in [0.1, 0.15) is 52.9 Å². The molecule has 16 heavy (non-hydrogen) atoms. The minimum atomic E-state index is 0.307. The topological polar surface area (TPSA) is 15.3 Å². The number of piperazine rings is 1. The molecule has 2 rings (SSSR count). The minimum Gasteiger partial charge on any atom is -0.309 e. The quantitative estimate of drug-likeness (QED) is 0.776. The molecule has 0 spiro atoms. The monoisotopic (exact) mass is 224 g/mol. The van der Waals surface area contributed by atoms with Crippen LogP contribution in [0.3, 0.4) is 0 Å². The van der Waals surface area contributed by atoms with E-state index in [1.807, 2.05) is 0 Å². The van der Waals surface area contributed by atoms with Gasteiger partial charge in [0.1, 0.15) is 0 Å². The molecule has 1 atom stereocenters. The molecule has 0 aromatic rings. The van der Waals surface area contributed by atoms with Crippen LogP contribution in [-0.2, 0) is 0 Å². The second-order valence-electron chi connectivity index (χ2n) is 6.29. The molecule has 1 unspecified atom stereocenters. The van der Waals surface area contributed by atoms with E-state index in [1.54, 1.807) is 0 Å². The predicted molar refractivity (Wildman–Crippen MR) is 69.7 cm³/mol. The van der Waals surface area contributed by atoms with Gasteiger partial charge in [0.2, 0.25) is 0 Å². The Morgan fingerprint density at radius 2 is 1.88 bits per heavy atom. The Morgan fingerprint density at radius 1 is 1.19 bits per heavy atom. The van der Waals surface area contributed by atoms with Gasteiger partial charge in [-0.3, -0.25) is 4.90 Å². The molecule has 1 aliphatic carbocycles. The molecule has 2 aliphatic rings. The maximum Gasteiger partial charge on any atom is 0.0252 e. The zero-order chi connectivity index (χ0) is 11.6. The van der Waals surface area contributed by atoms with E-state index >= 15 is 0 Å². The highest BCUT2D eigenvalue weighted by atomic mass is 15.2. The van der Waals surface area contributed by atoms with Crippen LogP contribution < -0.4 is 5.32 Å². The Balaban J connectivity index is 1.97. The van der Waals surface area contributed by atoms with E-state index in [9.17, 15) is 0 Å². The molecule has 2 nitrogen and oxygen atoms in total. The van der Waals surface area contributed by atoms with Crippen molar-refractivity contribution in [2.45, 2.75) is 64.5 Å². The molecule has 1 N–H and O–H groups in total. The van der Waals surface area contributed by atoms with Crippen molar-refractivity contribution in [1.82, 2.24) is 10.2 Å². The highest BCUT2D eigenvalue weighted by Gasteiger charge is 2.35. The largest absolute Gasteiger partial charge is 0.309 e. The van der Waals surface area contributed by atoms with Crippen LogP contribution in [0, 0.1) is 5.92 Å². The van der Waals surface area contributed by atoms with Crippen LogP contribution >= 0.6 is 0 Å². The molecule has 0 aromatic carbocycles. The van der Waals surface area contributed by atoms with E-state index in [4.69, 9.17) is 0 Å². The first-order chi connectivity index (χ1) is 7.62. The van der Waals surface area contributed by atoms with Gasteiger partial charge in [0.05, 0.1) is 0 Å². The fourth-order valence-electron chi connectivity index (χ4n) is 3.52. The first-order valence-corrected chi connectivity index (χ1v) is 7.11. The number of rotatable bonds is 2. The second kappa shape index (κ2) is 5.05. The van der Waals surface area contributed by atoms with Crippen molar-refractivity contribution in [1.29, 1.82) is 0 Å². The molecule has 2 heteroatoms. The highest BCUT2D eigenvalue weighted by Crippen LogP contribution is 2.31. The molecule has 0 aromatic heterocycles. The summed E-state index contributed by atoms with van der Waals surface area (Å²) in [6.45, 7) is 10.6. The van der Waals surface area contributed by atoms with E-state index < -0.39 is 0 Å². The molecule has 0 radical (unpaired) electrons. The molecule has 1 aliphatic heterocycles. The number of nitrogens with zero attached hydrogens (tertiary/aromatic N) is 1. The number of hydrogen-bond acceptors (Lipinski definition) is 2. The normalized spacial score (nSPS) is 32.8. The van der Waals surface area contributed by atoms with Gasteiger partial charge in [-0.05, 0) is 39.2 Å². The summed E-state index contributed by atoms with van der Waals surface area (Å²) >= 11 is 0. The van der Waals surface area contributed by atoms with Crippen molar-refractivity contribution in [3.05, 3.63) is 0 Å². The van der Waals surface area contributed by atoms with E-state index in [-0.39, 0.29) is 0 Å². The Bertz CT molecular complexity index is 219. The fourth-order valence-corrected chi connectivity index (χ4v) is 3.52. The van der Waals surface area contributed by atoms with Gasteiger partial charge in [0.25, 0.3) is 0 Å². The molecule has 94 valence electrons. The second-order valence-corrected chi connectivity index (χ2v) is 6.29. The third-order valence-corrected chi connectivity index (χ3v) is 4.46. The van der Waals surface area contributed by atoms with Gasteiger partial charge in [0, 0.05) is 24.7 Å². The molecule has 1 saturated carbocycles. The van der Waals surface area contributed by atoms with Crippen LogP contribution in [0.2, 0.25) is 0 Å². The molecule has 1 saturated heterocycles. The fraction of sp³-hybridized carbons (Fsp3) is 1.00. The summed E-state index contributed by atoms with van der Waals surface area (Å²) in [7, 11) is 0. The van der Waals surface area contributed by atoms with Gasteiger partial charge in [0.15, 0.2) is 0 Å². The highest BCUT2D eigenvalue weighted by molar-refractivity contribution is 4.94. The zero-order valence-corrected chi connectivity index (χ0v) is 11.3. The van der Waals surface area contributed by atoms with Gasteiger partial charge in [-0.1, -0.05) is 26.2 Å². The summed E-state index contributed by atoms with van der Waals surface area (Å²) in [5.74, 6) is 0.956. The Hall–Kier alpha value is -0.0800. The number of nitrogens with one attached hydrogen (secondary N) is 1. The number of hydrogen-bond donors (Lipinski definition) is 1. The third kappa shape index (κ3) is 2.78. The van der Waals surface area contributed by atoms with Crippen LogP contribution in [0.5, 0.6) is 0 Å².